The largest absolute Gasteiger partial charge is 0.360 e. The van der Waals surface area contributed by atoms with E-state index in [2.05, 4.69) is 15.3 Å². The molecule has 0 fully saturated rings. The summed E-state index contributed by atoms with van der Waals surface area (Å²) in [5.41, 5.74) is 0.836. The average Bonchev–Trinajstić information content (AvgIpc) is 2.74. The van der Waals surface area contributed by atoms with Gasteiger partial charge in [0.15, 0.2) is 5.82 Å². The van der Waals surface area contributed by atoms with Crippen LogP contribution in [0.1, 0.15) is 17.6 Å². The Balaban J connectivity index is 2.11. The summed E-state index contributed by atoms with van der Waals surface area (Å²) in [6, 6.07) is 0. The summed E-state index contributed by atoms with van der Waals surface area (Å²) in [6.45, 7) is 5.06. The minimum atomic E-state index is -0.0954. The van der Waals surface area contributed by atoms with Crippen molar-refractivity contribution in [2.24, 2.45) is 0 Å². The maximum absolute atomic E-state index is 11.8. The van der Waals surface area contributed by atoms with Crippen LogP contribution in [-0.2, 0) is 13.1 Å². The normalized spacial score (nSPS) is 10.5. The molecular weight excluding hydrogens is 236 g/mol. The summed E-state index contributed by atoms with van der Waals surface area (Å²) in [5, 5.41) is 6.01. The van der Waals surface area contributed by atoms with Crippen LogP contribution in [-0.4, -0.2) is 14.5 Å². The lowest BCUT2D eigenvalue weighted by Gasteiger charge is -2.05. The van der Waals surface area contributed by atoms with Crippen molar-refractivity contribution in [3.63, 3.8) is 0 Å². The van der Waals surface area contributed by atoms with Gasteiger partial charge in [-0.2, -0.15) is 0 Å². The van der Waals surface area contributed by atoms with Crippen molar-refractivity contribution in [2.75, 3.05) is 5.32 Å². The summed E-state index contributed by atoms with van der Waals surface area (Å²) in [6.07, 6.45) is 3.31. The highest BCUT2D eigenvalue weighted by molar-refractivity contribution is 7.09. The first kappa shape index (κ1) is 11.8. The van der Waals surface area contributed by atoms with E-state index in [4.69, 9.17) is 0 Å². The molecule has 2 aromatic rings. The van der Waals surface area contributed by atoms with E-state index in [0.29, 0.717) is 18.9 Å². The summed E-state index contributed by atoms with van der Waals surface area (Å²) in [7, 11) is 0. The molecule has 5 nitrogen and oxygen atoms in total. The number of rotatable bonds is 4. The van der Waals surface area contributed by atoms with E-state index in [-0.39, 0.29) is 5.56 Å². The zero-order valence-corrected chi connectivity index (χ0v) is 10.6. The smallest absolute Gasteiger partial charge is 0.293 e. The minimum Gasteiger partial charge on any atom is -0.360 e. The molecule has 90 valence electrons. The standard InChI is InChI=1S/C11H14N4OS/c1-3-15-5-4-12-10(11(15)16)13-6-9-7-17-8(2)14-9/h4-5,7H,3,6H2,1-2H3,(H,12,13). The maximum Gasteiger partial charge on any atom is 0.293 e. The zero-order valence-electron chi connectivity index (χ0n) is 9.80. The molecule has 0 aliphatic rings. The van der Waals surface area contributed by atoms with Gasteiger partial charge in [0.1, 0.15) is 0 Å². The van der Waals surface area contributed by atoms with Crippen LogP contribution in [0.2, 0.25) is 0 Å². The summed E-state index contributed by atoms with van der Waals surface area (Å²) < 4.78 is 1.61. The number of nitrogens with zero attached hydrogens (tertiary/aromatic N) is 3. The molecule has 0 unspecified atom stereocenters. The number of hydrogen-bond donors (Lipinski definition) is 1. The highest BCUT2D eigenvalue weighted by Gasteiger charge is 2.04. The molecule has 0 saturated heterocycles. The van der Waals surface area contributed by atoms with Crippen LogP contribution in [0.5, 0.6) is 0 Å². The number of nitrogens with one attached hydrogen (secondary N) is 1. The van der Waals surface area contributed by atoms with Gasteiger partial charge in [0.2, 0.25) is 0 Å². The van der Waals surface area contributed by atoms with Gasteiger partial charge in [-0.15, -0.1) is 11.3 Å². The summed E-state index contributed by atoms with van der Waals surface area (Å²) in [5.74, 6) is 0.375. The third kappa shape index (κ3) is 2.71. The van der Waals surface area contributed by atoms with Gasteiger partial charge in [-0.05, 0) is 13.8 Å². The maximum atomic E-state index is 11.8. The SMILES string of the molecule is CCn1ccnc(NCc2csc(C)n2)c1=O. The van der Waals surface area contributed by atoms with Crippen LogP contribution < -0.4 is 10.9 Å². The first-order valence-corrected chi connectivity index (χ1v) is 6.29. The van der Waals surface area contributed by atoms with Gasteiger partial charge in [-0.1, -0.05) is 0 Å². The van der Waals surface area contributed by atoms with Crippen LogP contribution >= 0.6 is 11.3 Å². The fraction of sp³-hybridized carbons (Fsp3) is 0.364. The number of aryl methyl sites for hydroxylation is 2. The third-order valence-electron chi connectivity index (χ3n) is 2.36. The number of hydrogen-bond acceptors (Lipinski definition) is 5. The lowest BCUT2D eigenvalue weighted by molar-refractivity contribution is 0.718. The van der Waals surface area contributed by atoms with Crippen molar-refractivity contribution < 1.29 is 0 Å². The molecule has 2 heterocycles. The second-order valence-electron chi connectivity index (χ2n) is 3.58. The van der Waals surface area contributed by atoms with Gasteiger partial charge in [0.25, 0.3) is 5.56 Å². The Kier molecular flexibility index (Phi) is 3.53. The second kappa shape index (κ2) is 5.09. The molecule has 0 aliphatic heterocycles. The van der Waals surface area contributed by atoms with Gasteiger partial charge in [0.05, 0.1) is 17.2 Å². The molecule has 0 aliphatic carbocycles. The van der Waals surface area contributed by atoms with Gasteiger partial charge in [-0.3, -0.25) is 4.79 Å². The molecule has 0 bridgehead atoms. The van der Waals surface area contributed by atoms with E-state index in [1.165, 1.54) is 0 Å². The second-order valence-corrected chi connectivity index (χ2v) is 4.64. The summed E-state index contributed by atoms with van der Waals surface area (Å²) >= 11 is 1.60. The molecule has 0 radical (unpaired) electrons. The Morgan fingerprint density at radius 3 is 3.00 bits per heavy atom. The Morgan fingerprint density at radius 2 is 2.35 bits per heavy atom. The minimum absolute atomic E-state index is 0.0954. The van der Waals surface area contributed by atoms with Crippen molar-refractivity contribution in [1.29, 1.82) is 0 Å². The fourth-order valence-corrected chi connectivity index (χ4v) is 2.09. The highest BCUT2D eigenvalue weighted by Crippen LogP contribution is 2.08. The van der Waals surface area contributed by atoms with Crippen LogP contribution in [0.4, 0.5) is 5.82 Å². The topological polar surface area (TPSA) is 59.8 Å². The van der Waals surface area contributed by atoms with Crippen LogP contribution in [0, 0.1) is 6.92 Å². The Hall–Kier alpha value is -1.69. The van der Waals surface area contributed by atoms with Crippen molar-refractivity contribution >= 4 is 17.2 Å². The molecule has 0 amide bonds. The first-order chi connectivity index (χ1) is 8.20. The van der Waals surface area contributed by atoms with Gasteiger partial charge in [0, 0.05) is 24.3 Å². The molecule has 2 rings (SSSR count). The van der Waals surface area contributed by atoms with Crippen LogP contribution in [0.25, 0.3) is 0 Å². The lowest BCUT2D eigenvalue weighted by Crippen LogP contribution is -2.23. The number of thiazole rings is 1. The molecule has 1 N–H and O–H groups in total. The predicted molar refractivity (Wildman–Crippen MR) is 68.3 cm³/mol. The van der Waals surface area contributed by atoms with Crippen molar-refractivity contribution in [3.05, 3.63) is 38.8 Å². The molecule has 0 aromatic carbocycles. The molecule has 17 heavy (non-hydrogen) atoms. The zero-order chi connectivity index (χ0) is 12.3. The molecule has 0 atom stereocenters. The van der Waals surface area contributed by atoms with E-state index in [1.54, 1.807) is 28.3 Å². The van der Waals surface area contributed by atoms with E-state index in [1.807, 2.05) is 19.2 Å². The molecule has 0 saturated carbocycles. The fourth-order valence-electron chi connectivity index (χ4n) is 1.48. The Morgan fingerprint density at radius 1 is 1.53 bits per heavy atom. The Bertz CT molecular complexity index is 561. The van der Waals surface area contributed by atoms with E-state index >= 15 is 0 Å². The first-order valence-electron chi connectivity index (χ1n) is 5.41. The Labute approximate surface area is 103 Å². The lowest BCUT2D eigenvalue weighted by atomic mass is 10.4. The van der Waals surface area contributed by atoms with E-state index < -0.39 is 0 Å². The number of aromatic nitrogens is 3. The average molecular weight is 250 g/mol. The van der Waals surface area contributed by atoms with Gasteiger partial charge in [-0.25, -0.2) is 9.97 Å². The highest BCUT2D eigenvalue weighted by atomic mass is 32.1. The quantitative estimate of drug-likeness (QED) is 0.896. The molecule has 0 spiro atoms. The van der Waals surface area contributed by atoms with Crippen LogP contribution in [0.3, 0.4) is 0 Å². The third-order valence-corrected chi connectivity index (χ3v) is 3.18. The summed E-state index contributed by atoms with van der Waals surface area (Å²) in [4.78, 5) is 20.2. The van der Waals surface area contributed by atoms with Crippen molar-refractivity contribution in [3.8, 4) is 0 Å². The molecule has 6 heteroatoms. The van der Waals surface area contributed by atoms with Crippen molar-refractivity contribution in [1.82, 2.24) is 14.5 Å². The van der Waals surface area contributed by atoms with Crippen LogP contribution in [0.15, 0.2) is 22.6 Å². The monoisotopic (exact) mass is 250 g/mol. The van der Waals surface area contributed by atoms with Crippen molar-refractivity contribution in [2.45, 2.75) is 26.9 Å². The predicted octanol–water partition coefficient (Wildman–Crippen LogP) is 1.64. The number of anilines is 1. The molecular formula is C11H14N4OS. The van der Waals surface area contributed by atoms with E-state index in [9.17, 15) is 4.79 Å². The molecule has 2 aromatic heterocycles. The van der Waals surface area contributed by atoms with E-state index in [0.717, 1.165) is 10.7 Å². The van der Waals surface area contributed by atoms with Gasteiger partial charge < -0.3 is 9.88 Å². The van der Waals surface area contributed by atoms with Gasteiger partial charge >= 0.3 is 0 Å².